The molecule has 0 radical (unpaired) electrons. The first kappa shape index (κ1) is 17.2. The Morgan fingerprint density at radius 3 is 2.68 bits per heavy atom. The van der Waals surface area contributed by atoms with Crippen LogP contribution in [0.4, 0.5) is 11.6 Å². The molecule has 25 heavy (non-hydrogen) atoms. The molecule has 9 N–H and O–H groups in total. The second-order valence-electron chi connectivity index (χ2n) is 5.52. The SMILES string of the molecule is CNc1c(C(N)=NO)c2c(N)ncnc2n1[C@@H]1O[C@H](CO)[C@@H](O)[C@H]1O. The van der Waals surface area contributed by atoms with Gasteiger partial charge in [0.15, 0.2) is 12.1 Å². The molecule has 3 rings (SSSR count). The van der Waals surface area contributed by atoms with Gasteiger partial charge in [-0.15, -0.1) is 0 Å². The Kier molecular flexibility index (Phi) is 4.34. The zero-order valence-corrected chi connectivity index (χ0v) is 13.2. The lowest BCUT2D eigenvalue weighted by atomic mass is 10.1. The van der Waals surface area contributed by atoms with Gasteiger partial charge in [-0.25, -0.2) is 9.97 Å². The predicted octanol–water partition coefficient (Wildman–Crippen LogP) is -2.24. The van der Waals surface area contributed by atoms with E-state index in [0.29, 0.717) is 5.39 Å². The van der Waals surface area contributed by atoms with Gasteiger partial charge in [-0.2, -0.15) is 0 Å². The monoisotopic (exact) mass is 353 g/mol. The van der Waals surface area contributed by atoms with E-state index >= 15 is 0 Å². The molecular weight excluding hydrogens is 334 g/mol. The van der Waals surface area contributed by atoms with Gasteiger partial charge < -0.3 is 42.0 Å². The smallest absolute Gasteiger partial charge is 0.174 e. The van der Waals surface area contributed by atoms with Gasteiger partial charge in [-0.05, 0) is 0 Å². The van der Waals surface area contributed by atoms with E-state index in [1.54, 1.807) is 7.05 Å². The largest absolute Gasteiger partial charge is 0.409 e. The van der Waals surface area contributed by atoms with Gasteiger partial charge in [0.2, 0.25) is 0 Å². The number of aliphatic hydroxyl groups excluding tert-OH is 3. The number of fused-ring (bicyclic) bond motifs is 1. The molecule has 4 atom stereocenters. The molecule has 3 heterocycles. The van der Waals surface area contributed by atoms with Crippen molar-refractivity contribution >= 4 is 28.5 Å². The summed E-state index contributed by atoms with van der Waals surface area (Å²) in [7, 11) is 1.57. The fourth-order valence-electron chi connectivity index (χ4n) is 3.04. The van der Waals surface area contributed by atoms with Crippen LogP contribution < -0.4 is 16.8 Å². The molecule has 0 saturated carbocycles. The van der Waals surface area contributed by atoms with E-state index in [-0.39, 0.29) is 28.7 Å². The summed E-state index contributed by atoms with van der Waals surface area (Å²) < 4.78 is 6.99. The van der Waals surface area contributed by atoms with Crippen molar-refractivity contribution in [2.24, 2.45) is 10.9 Å². The molecule has 12 nitrogen and oxygen atoms in total. The zero-order chi connectivity index (χ0) is 18.3. The van der Waals surface area contributed by atoms with Crippen LogP contribution in [0, 0.1) is 0 Å². The molecule has 1 aliphatic rings. The number of oxime groups is 1. The maximum absolute atomic E-state index is 10.3. The van der Waals surface area contributed by atoms with Crippen LogP contribution >= 0.6 is 0 Å². The quantitative estimate of drug-likeness (QED) is 0.136. The molecular formula is C13H19N7O5. The molecule has 1 aliphatic heterocycles. The maximum Gasteiger partial charge on any atom is 0.174 e. The number of aliphatic hydroxyl groups is 3. The number of ether oxygens (including phenoxy) is 1. The highest BCUT2D eigenvalue weighted by molar-refractivity contribution is 6.15. The van der Waals surface area contributed by atoms with Crippen LogP contribution in [-0.2, 0) is 4.74 Å². The zero-order valence-electron chi connectivity index (χ0n) is 13.2. The van der Waals surface area contributed by atoms with E-state index in [9.17, 15) is 15.3 Å². The average Bonchev–Trinajstić information content (AvgIpc) is 3.10. The van der Waals surface area contributed by atoms with Crippen molar-refractivity contribution in [2.75, 3.05) is 24.7 Å². The number of nitrogens with one attached hydrogen (secondary N) is 1. The molecule has 0 aromatic carbocycles. The highest BCUT2D eigenvalue weighted by Crippen LogP contribution is 2.39. The number of nitrogens with two attached hydrogens (primary N) is 2. The number of nitrogen functional groups attached to an aromatic ring is 1. The molecule has 12 heteroatoms. The normalized spacial score (nSPS) is 27.1. The lowest BCUT2D eigenvalue weighted by Gasteiger charge is -2.20. The minimum absolute atomic E-state index is 0.0774. The van der Waals surface area contributed by atoms with Gasteiger partial charge >= 0.3 is 0 Å². The van der Waals surface area contributed by atoms with Gasteiger partial charge in [-0.1, -0.05) is 5.16 Å². The van der Waals surface area contributed by atoms with E-state index < -0.39 is 31.1 Å². The third-order valence-electron chi connectivity index (χ3n) is 4.18. The standard InChI is InChI=1S/C13H19N7O5/c1-16-11-6(10(15)19-24)5-9(14)17-3-18-12(5)20(11)13-8(23)7(22)4(2-21)25-13/h3-4,7-8,13,16,21-24H,2H2,1H3,(H2,15,19)(H2,14,17,18)/t4-,7-,8-,13-/m1/s1. The number of rotatable bonds is 4. The Hall–Kier alpha value is -2.67. The minimum Gasteiger partial charge on any atom is -0.409 e. The van der Waals surface area contributed by atoms with Gasteiger partial charge in [0.25, 0.3) is 0 Å². The van der Waals surface area contributed by atoms with Crippen LogP contribution in [-0.4, -0.2) is 72.9 Å². The minimum atomic E-state index is -1.35. The van der Waals surface area contributed by atoms with Gasteiger partial charge in [0, 0.05) is 7.05 Å². The van der Waals surface area contributed by atoms with E-state index in [0.717, 1.165) is 0 Å². The first-order chi connectivity index (χ1) is 12.0. The number of anilines is 2. The van der Waals surface area contributed by atoms with Crippen molar-refractivity contribution in [1.29, 1.82) is 0 Å². The summed E-state index contributed by atoms with van der Waals surface area (Å²) in [5.74, 6) is 0.113. The summed E-state index contributed by atoms with van der Waals surface area (Å²) in [4.78, 5) is 8.05. The van der Waals surface area contributed by atoms with Gasteiger partial charge in [0.1, 0.15) is 41.9 Å². The van der Waals surface area contributed by atoms with Crippen molar-refractivity contribution in [2.45, 2.75) is 24.5 Å². The molecule has 2 aromatic rings. The maximum atomic E-state index is 10.3. The molecule has 1 fully saturated rings. The summed E-state index contributed by atoms with van der Waals surface area (Å²) in [5, 5.41) is 44.9. The highest BCUT2D eigenvalue weighted by atomic mass is 16.6. The highest BCUT2D eigenvalue weighted by Gasteiger charge is 2.45. The predicted molar refractivity (Wildman–Crippen MR) is 87.0 cm³/mol. The van der Waals surface area contributed by atoms with Gasteiger partial charge in [-0.3, -0.25) is 4.57 Å². The fraction of sp³-hybridized carbons (Fsp3) is 0.462. The summed E-state index contributed by atoms with van der Waals surface area (Å²) in [6.07, 6.45) is -3.51. The number of aromatic nitrogens is 3. The lowest BCUT2D eigenvalue weighted by molar-refractivity contribution is -0.0499. The average molecular weight is 353 g/mol. The van der Waals surface area contributed by atoms with Crippen molar-refractivity contribution in [3.8, 4) is 0 Å². The Labute approximate surface area is 141 Å². The first-order valence-corrected chi connectivity index (χ1v) is 7.38. The van der Waals surface area contributed by atoms with Crippen molar-refractivity contribution < 1.29 is 25.3 Å². The third-order valence-corrected chi connectivity index (χ3v) is 4.18. The Balaban J connectivity index is 2.31. The van der Waals surface area contributed by atoms with Crippen LogP contribution in [0.2, 0.25) is 0 Å². The summed E-state index contributed by atoms with van der Waals surface area (Å²) in [5.41, 5.74) is 12.2. The third kappa shape index (κ3) is 2.42. The molecule has 0 aliphatic carbocycles. The molecule has 0 spiro atoms. The fourth-order valence-corrected chi connectivity index (χ4v) is 3.04. The van der Waals surface area contributed by atoms with Crippen LogP contribution in [0.25, 0.3) is 11.0 Å². The van der Waals surface area contributed by atoms with Crippen molar-refractivity contribution in [3.63, 3.8) is 0 Å². The molecule has 2 aromatic heterocycles. The summed E-state index contributed by atoms with van der Waals surface area (Å²) in [6.45, 7) is -0.479. The molecule has 0 amide bonds. The molecule has 0 unspecified atom stereocenters. The van der Waals surface area contributed by atoms with E-state index in [2.05, 4.69) is 20.4 Å². The first-order valence-electron chi connectivity index (χ1n) is 7.38. The molecule has 1 saturated heterocycles. The Bertz CT molecular complexity index is 823. The van der Waals surface area contributed by atoms with Crippen LogP contribution in [0.5, 0.6) is 0 Å². The van der Waals surface area contributed by atoms with E-state index in [1.807, 2.05) is 0 Å². The van der Waals surface area contributed by atoms with Crippen molar-refractivity contribution in [1.82, 2.24) is 14.5 Å². The van der Waals surface area contributed by atoms with E-state index in [1.165, 1.54) is 10.9 Å². The van der Waals surface area contributed by atoms with Crippen LogP contribution in [0.3, 0.4) is 0 Å². The number of hydrogen-bond donors (Lipinski definition) is 7. The Morgan fingerprint density at radius 2 is 2.12 bits per heavy atom. The van der Waals surface area contributed by atoms with Crippen LogP contribution in [0.1, 0.15) is 11.8 Å². The number of amidine groups is 1. The van der Waals surface area contributed by atoms with Crippen molar-refractivity contribution in [3.05, 3.63) is 11.9 Å². The molecule has 0 bridgehead atoms. The van der Waals surface area contributed by atoms with Crippen LogP contribution in [0.15, 0.2) is 11.5 Å². The number of hydrogen-bond acceptors (Lipinski definition) is 10. The Morgan fingerprint density at radius 1 is 1.40 bits per heavy atom. The van der Waals surface area contributed by atoms with Gasteiger partial charge in [0.05, 0.1) is 17.6 Å². The second kappa shape index (κ2) is 6.33. The summed E-state index contributed by atoms with van der Waals surface area (Å²) >= 11 is 0. The number of nitrogens with zero attached hydrogens (tertiary/aromatic N) is 4. The lowest BCUT2D eigenvalue weighted by Crippen LogP contribution is -2.33. The summed E-state index contributed by atoms with van der Waals surface area (Å²) in [6, 6.07) is 0. The topological polar surface area (TPSA) is 197 Å². The second-order valence-corrected chi connectivity index (χ2v) is 5.52. The van der Waals surface area contributed by atoms with E-state index in [4.69, 9.17) is 21.4 Å². The molecule has 136 valence electrons.